The highest BCUT2D eigenvalue weighted by molar-refractivity contribution is 8.02. The molecule has 0 amide bonds. The minimum atomic E-state index is -0.327. The Labute approximate surface area is 140 Å². The highest BCUT2D eigenvalue weighted by Crippen LogP contribution is 2.24. The van der Waals surface area contributed by atoms with Gasteiger partial charge in [-0.2, -0.15) is 0 Å². The molecule has 3 aromatic rings. The van der Waals surface area contributed by atoms with E-state index in [9.17, 15) is 8.78 Å². The van der Waals surface area contributed by atoms with Crippen molar-refractivity contribution in [3.05, 3.63) is 60.2 Å². The molecule has 0 radical (unpaired) electrons. The molecule has 118 valence electrons. The van der Waals surface area contributed by atoms with Gasteiger partial charge in [-0.3, -0.25) is 5.10 Å². The Morgan fingerprint density at radius 2 is 1.65 bits per heavy atom. The normalized spacial score (nSPS) is 10.9. The fourth-order valence-corrected chi connectivity index (χ4v) is 3.59. The van der Waals surface area contributed by atoms with Crippen molar-refractivity contribution in [2.75, 3.05) is 11.5 Å². The Kier molecular flexibility index (Phi) is 5.30. The van der Waals surface area contributed by atoms with Crippen LogP contribution in [-0.4, -0.2) is 26.7 Å². The van der Waals surface area contributed by atoms with E-state index in [2.05, 4.69) is 15.2 Å². The van der Waals surface area contributed by atoms with Crippen molar-refractivity contribution < 1.29 is 8.78 Å². The van der Waals surface area contributed by atoms with Gasteiger partial charge in [-0.15, -0.1) is 16.9 Å². The first kappa shape index (κ1) is 16.0. The number of rotatable bonds is 6. The van der Waals surface area contributed by atoms with Gasteiger partial charge in [0.05, 0.1) is 5.56 Å². The van der Waals surface area contributed by atoms with Crippen LogP contribution in [0.5, 0.6) is 0 Å². The standard InChI is InChI=1S/C16H13F2N3S2/c17-11-5-7-12(8-6-11)22-9-10-23-16-19-15(20-21-16)13-3-1-2-4-14(13)18/h1-8H,9-10H2,(H,19,20,21). The lowest BCUT2D eigenvalue weighted by Crippen LogP contribution is -1.87. The Balaban J connectivity index is 1.52. The number of halogens is 2. The first-order valence-corrected chi connectivity index (χ1v) is 8.88. The maximum atomic E-state index is 13.7. The Morgan fingerprint density at radius 1 is 0.913 bits per heavy atom. The largest absolute Gasteiger partial charge is 0.258 e. The summed E-state index contributed by atoms with van der Waals surface area (Å²) in [5, 5.41) is 7.43. The summed E-state index contributed by atoms with van der Waals surface area (Å²) >= 11 is 3.13. The molecule has 1 aromatic heterocycles. The molecule has 3 rings (SSSR count). The molecule has 0 aliphatic carbocycles. The second-order valence-corrected chi connectivity index (χ2v) is 6.83. The number of hydrogen-bond donors (Lipinski definition) is 1. The predicted molar refractivity (Wildman–Crippen MR) is 89.6 cm³/mol. The van der Waals surface area contributed by atoms with E-state index >= 15 is 0 Å². The van der Waals surface area contributed by atoms with Crippen molar-refractivity contribution in [1.29, 1.82) is 0 Å². The van der Waals surface area contributed by atoms with E-state index in [1.807, 2.05) is 0 Å². The SMILES string of the molecule is Fc1ccc(SCCSc2n[nH]c(-c3ccccc3F)n2)cc1. The average Bonchev–Trinajstić information content (AvgIpc) is 3.02. The molecule has 0 saturated heterocycles. The lowest BCUT2D eigenvalue weighted by Gasteiger charge is -2.00. The number of H-pyrrole nitrogens is 1. The van der Waals surface area contributed by atoms with E-state index < -0.39 is 0 Å². The summed E-state index contributed by atoms with van der Waals surface area (Å²) in [7, 11) is 0. The van der Waals surface area contributed by atoms with Gasteiger partial charge in [0.2, 0.25) is 5.16 Å². The summed E-state index contributed by atoms with van der Waals surface area (Å²) in [4.78, 5) is 5.32. The molecule has 0 atom stereocenters. The van der Waals surface area contributed by atoms with Crippen LogP contribution in [0.4, 0.5) is 8.78 Å². The Bertz CT molecular complexity index is 775. The van der Waals surface area contributed by atoms with Gasteiger partial charge in [-0.25, -0.2) is 13.8 Å². The lowest BCUT2D eigenvalue weighted by atomic mass is 10.2. The average molecular weight is 349 g/mol. The Hall–Kier alpha value is -1.86. The summed E-state index contributed by atoms with van der Waals surface area (Å²) in [5.74, 6) is 1.52. The number of benzene rings is 2. The minimum absolute atomic E-state index is 0.231. The van der Waals surface area contributed by atoms with Gasteiger partial charge < -0.3 is 0 Å². The third-order valence-electron chi connectivity index (χ3n) is 2.99. The smallest absolute Gasteiger partial charge is 0.208 e. The molecule has 0 unspecified atom stereocenters. The molecule has 3 nitrogen and oxygen atoms in total. The van der Waals surface area contributed by atoms with Crippen LogP contribution in [0.15, 0.2) is 58.6 Å². The van der Waals surface area contributed by atoms with Crippen LogP contribution in [0.3, 0.4) is 0 Å². The van der Waals surface area contributed by atoms with Crippen molar-refractivity contribution in [1.82, 2.24) is 15.2 Å². The third kappa shape index (κ3) is 4.33. The molecule has 0 fully saturated rings. The van der Waals surface area contributed by atoms with Crippen LogP contribution in [-0.2, 0) is 0 Å². The fraction of sp³-hybridized carbons (Fsp3) is 0.125. The zero-order valence-electron chi connectivity index (χ0n) is 12.0. The molecule has 0 bridgehead atoms. The van der Waals surface area contributed by atoms with Crippen molar-refractivity contribution in [3.63, 3.8) is 0 Å². The van der Waals surface area contributed by atoms with Crippen LogP contribution in [0.25, 0.3) is 11.4 Å². The van der Waals surface area contributed by atoms with E-state index in [-0.39, 0.29) is 11.6 Å². The van der Waals surface area contributed by atoms with Gasteiger partial charge in [-0.05, 0) is 36.4 Å². The molecule has 0 aliphatic rings. The quantitative estimate of drug-likeness (QED) is 0.520. The van der Waals surface area contributed by atoms with Gasteiger partial charge in [0, 0.05) is 16.4 Å². The van der Waals surface area contributed by atoms with Crippen LogP contribution >= 0.6 is 23.5 Å². The van der Waals surface area contributed by atoms with E-state index in [4.69, 9.17) is 0 Å². The Morgan fingerprint density at radius 3 is 2.43 bits per heavy atom. The van der Waals surface area contributed by atoms with Crippen LogP contribution < -0.4 is 0 Å². The van der Waals surface area contributed by atoms with E-state index in [1.54, 1.807) is 42.1 Å². The van der Waals surface area contributed by atoms with E-state index in [0.717, 1.165) is 16.4 Å². The molecule has 2 aromatic carbocycles. The van der Waals surface area contributed by atoms with Crippen LogP contribution in [0.1, 0.15) is 0 Å². The molecule has 0 saturated carbocycles. The second kappa shape index (κ2) is 7.61. The van der Waals surface area contributed by atoms with Crippen molar-refractivity contribution >= 4 is 23.5 Å². The summed E-state index contributed by atoms with van der Waals surface area (Å²) in [6.45, 7) is 0. The van der Waals surface area contributed by atoms with Gasteiger partial charge in [0.1, 0.15) is 11.6 Å². The molecule has 0 aliphatic heterocycles. The van der Waals surface area contributed by atoms with E-state index in [0.29, 0.717) is 16.5 Å². The summed E-state index contributed by atoms with van der Waals surface area (Å²) in [6, 6.07) is 12.9. The molecular weight excluding hydrogens is 336 g/mol. The molecule has 23 heavy (non-hydrogen) atoms. The molecule has 7 heteroatoms. The van der Waals surface area contributed by atoms with Crippen molar-refractivity contribution in [3.8, 4) is 11.4 Å². The molecule has 0 spiro atoms. The number of thioether (sulfide) groups is 2. The van der Waals surface area contributed by atoms with Gasteiger partial charge in [0.15, 0.2) is 5.82 Å². The van der Waals surface area contributed by atoms with Crippen molar-refractivity contribution in [2.45, 2.75) is 10.1 Å². The summed E-state index contributed by atoms with van der Waals surface area (Å²) < 4.78 is 26.5. The number of aromatic amines is 1. The predicted octanol–water partition coefficient (Wildman–Crippen LogP) is 4.63. The molecule has 1 heterocycles. The van der Waals surface area contributed by atoms with Crippen molar-refractivity contribution in [2.24, 2.45) is 0 Å². The lowest BCUT2D eigenvalue weighted by molar-refractivity contribution is 0.626. The zero-order chi connectivity index (χ0) is 16.1. The van der Waals surface area contributed by atoms with Gasteiger partial charge >= 0.3 is 0 Å². The maximum Gasteiger partial charge on any atom is 0.208 e. The first-order valence-electron chi connectivity index (χ1n) is 6.91. The number of hydrogen-bond acceptors (Lipinski definition) is 4. The van der Waals surface area contributed by atoms with Gasteiger partial charge in [-0.1, -0.05) is 23.9 Å². The second-order valence-electron chi connectivity index (χ2n) is 4.60. The van der Waals surface area contributed by atoms with Crippen LogP contribution in [0.2, 0.25) is 0 Å². The highest BCUT2D eigenvalue weighted by atomic mass is 32.2. The molecule has 1 N–H and O–H groups in total. The first-order chi connectivity index (χ1) is 11.2. The molecular formula is C16H13F2N3S2. The monoisotopic (exact) mass is 349 g/mol. The highest BCUT2D eigenvalue weighted by Gasteiger charge is 2.09. The maximum absolute atomic E-state index is 13.7. The van der Waals surface area contributed by atoms with Crippen LogP contribution in [0, 0.1) is 11.6 Å². The number of nitrogens with zero attached hydrogens (tertiary/aromatic N) is 2. The topological polar surface area (TPSA) is 41.6 Å². The summed E-state index contributed by atoms with van der Waals surface area (Å²) in [5.41, 5.74) is 0.410. The fourth-order valence-electron chi connectivity index (χ4n) is 1.91. The minimum Gasteiger partial charge on any atom is -0.258 e. The number of nitrogens with one attached hydrogen (secondary N) is 1. The number of aromatic nitrogens is 3. The van der Waals surface area contributed by atoms with Gasteiger partial charge in [0.25, 0.3) is 0 Å². The summed E-state index contributed by atoms with van der Waals surface area (Å²) in [6.07, 6.45) is 0. The third-order valence-corrected chi connectivity index (χ3v) is 5.11. The van der Waals surface area contributed by atoms with E-state index in [1.165, 1.54) is 30.0 Å². The zero-order valence-corrected chi connectivity index (χ0v) is 13.6.